The van der Waals surface area contributed by atoms with Crippen molar-refractivity contribution in [2.45, 2.75) is 78.4 Å². The summed E-state index contributed by atoms with van der Waals surface area (Å²) in [6, 6.07) is 0. The van der Waals surface area contributed by atoms with Gasteiger partial charge in [-0.3, -0.25) is 19.8 Å². The molecule has 1 aliphatic heterocycles. The molecule has 2 atom stereocenters. The molecule has 8 heteroatoms. The number of amides is 2. The SMILES string of the molecule is CCOC(=O)[C@H]1C[C@@H]1CN1C(=O)CC(CC)(CC)N=C1NC(=O)OC(C)(C)C. The van der Waals surface area contributed by atoms with Crippen molar-refractivity contribution >= 4 is 23.9 Å². The zero-order valence-corrected chi connectivity index (χ0v) is 17.8. The fraction of sp³-hybridized carbons (Fsp3) is 0.800. The molecule has 0 aromatic heterocycles. The first-order valence-electron chi connectivity index (χ1n) is 10.1. The monoisotopic (exact) mass is 395 g/mol. The summed E-state index contributed by atoms with van der Waals surface area (Å²) < 4.78 is 10.4. The summed E-state index contributed by atoms with van der Waals surface area (Å²) in [4.78, 5) is 43.3. The molecule has 1 heterocycles. The van der Waals surface area contributed by atoms with Crippen LogP contribution in [0.15, 0.2) is 4.99 Å². The number of alkyl carbamates (subject to hydrolysis) is 1. The second-order valence-electron chi connectivity index (χ2n) is 8.53. The summed E-state index contributed by atoms with van der Waals surface area (Å²) in [7, 11) is 0. The van der Waals surface area contributed by atoms with Gasteiger partial charge >= 0.3 is 12.1 Å². The Morgan fingerprint density at radius 1 is 1.25 bits per heavy atom. The second kappa shape index (κ2) is 8.49. The van der Waals surface area contributed by atoms with E-state index in [-0.39, 0.29) is 36.1 Å². The number of hydrogen-bond acceptors (Lipinski definition) is 6. The van der Waals surface area contributed by atoms with Crippen molar-refractivity contribution < 1.29 is 23.9 Å². The number of carbonyl (C=O) groups excluding carboxylic acids is 3. The van der Waals surface area contributed by atoms with E-state index < -0.39 is 17.2 Å². The maximum Gasteiger partial charge on any atom is 0.414 e. The molecule has 28 heavy (non-hydrogen) atoms. The first-order valence-corrected chi connectivity index (χ1v) is 10.1. The molecule has 2 rings (SSSR count). The molecule has 2 amide bonds. The zero-order chi connectivity index (χ0) is 21.1. The van der Waals surface area contributed by atoms with Crippen LogP contribution >= 0.6 is 0 Å². The molecule has 0 unspecified atom stereocenters. The van der Waals surface area contributed by atoms with Crippen LogP contribution in [-0.2, 0) is 19.1 Å². The van der Waals surface area contributed by atoms with E-state index in [9.17, 15) is 14.4 Å². The molecule has 0 bridgehead atoms. The second-order valence-corrected chi connectivity index (χ2v) is 8.53. The number of ether oxygens (including phenoxy) is 2. The lowest BCUT2D eigenvalue weighted by molar-refractivity contribution is -0.145. The predicted molar refractivity (Wildman–Crippen MR) is 105 cm³/mol. The highest BCUT2D eigenvalue weighted by atomic mass is 16.6. The minimum atomic E-state index is -0.660. The number of aliphatic imine (C=N–C) groups is 1. The third kappa shape index (κ3) is 5.45. The molecule has 2 aliphatic rings. The van der Waals surface area contributed by atoms with Gasteiger partial charge in [-0.05, 0) is 52.9 Å². The van der Waals surface area contributed by atoms with Crippen LogP contribution in [0.2, 0.25) is 0 Å². The standard InChI is InChI=1S/C20H33N3O5/c1-7-20(8-2)11-15(24)23(12-13-10-14(13)16(25)27-9-3)17(22-20)21-18(26)28-19(4,5)6/h13-14H,7-12H2,1-6H3,(H,21,22,26)/t13-,14+/m1/s1. The molecule has 0 aromatic carbocycles. The van der Waals surface area contributed by atoms with E-state index in [0.29, 0.717) is 32.4 Å². The molecule has 1 N–H and O–H groups in total. The number of carbonyl (C=O) groups is 3. The quantitative estimate of drug-likeness (QED) is 0.698. The summed E-state index contributed by atoms with van der Waals surface area (Å²) in [5.41, 5.74) is -1.19. The highest BCUT2D eigenvalue weighted by Gasteiger charge is 2.48. The predicted octanol–water partition coefficient (Wildman–Crippen LogP) is 2.86. The molecule has 8 nitrogen and oxygen atoms in total. The summed E-state index contributed by atoms with van der Waals surface area (Å²) in [6.07, 6.45) is 1.70. The van der Waals surface area contributed by atoms with E-state index in [0.717, 1.165) is 0 Å². The first-order chi connectivity index (χ1) is 13.0. The number of rotatable bonds is 6. The fourth-order valence-corrected chi connectivity index (χ4v) is 3.38. The van der Waals surface area contributed by atoms with E-state index >= 15 is 0 Å². The lowest BCUT2D eigenvalue weighted by Gasteiger charge is -2.37. The van der Waals surface area contributed by atoms with Crippen LogP contribution in [-0.4, -0.2) is 53.1 Å². The highest BCUT2D eigenvalue weighted by molar-refractivity contribution is 6.05. The van der Waals surface area contributed by atoms with Crippen LogP contribution in [0.5, 0.6) is 0 Å². The number of nitrogens with zero attached hydrogens (tertiary/aromatic N) is 2. The average molecular weight is 396 g/mol. The van der Waals surface area contributed by atoms with Crippen LogP contribution in [0.25, 0.3) is 0 Å². The van der Waals surface area contributed by atoms with Crippen LogP contribution in [0.4, 0.5) is 4.79 Å². The lowest BCUT2D eigenvalue weighted by atomic mass is 9.88. The molecule has 158 valence electrons. The maximum atomic E-state index is 12.9. The van der Waals surface area contributed by atoms with Crippen LogP contribution < -0.4 is 5.32 Å². The Hall–Kier alpha value is -2.12. The van der Waals surface area contributed by atoms with Crippen LogP contribution in [0.1, 0.15) is 67.2 Å². The summed E-state index contributed by atoms with van der Waals surface area (Å²) in [5.74, 6) is -0.293. The fourth-order valence-electron chi connectivity index (χ4n) is 3.38. The van der Waals surface area contributed by atoms with E-state index in [1.807, 2.05) is 13.8 Å². The van der Waals surface area contributed by atoms with Gasteiger partial charge in [-0.15, -0.1) is 0 Å². The highest BCUT2D eigenvalue weighted by Crippen LogP contribution is 2.41. The third-order valence-electron chi connectivity index (χ3n) is 5.24. The minimum absolute atomic E-state index is 0.0180. The van der Waals surface area contributed by atoms with Crippen molar-refractivity contribution in [1.82, 2.24) is 10.2 Å². The third-order valence-corrected chi connectivity index (χ3v) is 5.24. The van der Waals surface area contributed by atoms with Crippen molar-refractivity contribution in [3.8, 4) is 0 Å². The van der Waals surface area contributed by atoms with E-state index in [1.54, 1.807) is 27.7 Å². The van der Waals surface area contributed by atoms with Crippen molar-refractivity contribution in [2.75, 3.05) is 13.2 Å². The van der Waals surface area contributed by atoms with Gasteiger partial charge in [-0.25, -0.2) is 9.79 Å². The minimum Gasteiger partial charge on any atom is -0.466 e. The Labute approximate surface area is 167 Å². The van der Waals surface area contributed by atoms with Crippen molar-refractivity contribution in [3.63, 3.8) is 0 Å². The van der Waals surface area contributed by atoms with Gasteiger partial charge in [0.05, 0.1) is 24.5 Å². The molecule has 1 fully saturated rings. The Morgan fingerprint density at radius 3 is 2.43 bits per heavy atom. The molecular weight excluding hydrogens is 362 g/mol. The summed E-state index contributed by atoms with van der Waals surface area (Å²) in [6.45, 7) is 11.7. The molecular formula is C20H33N3O5. The Kier molecular flexibility index (Phi) is 6.72. The van der Waals surface area contributed by atoms with Gasteiger partial charge in [0, 0.05) is 6.54 Å². The largest absolute Gasteiger partial charge is 0.466 e. The van der Waals surface area contributed by atoms with Gasteiger partial charge in [0.15, 0.2) is 0 Å². The van der Waals surface area contributed by atoms with Gasteiger partial charge in [0.2, 0.25) is 11.9 Å². The van der Waals surface area contributed by atoms with Gasteiger partial charge in [0.1, 0.15) is 5.60 Å². The van der Waals surface area contributed by atoms with Crippen molar-refractivity contribution in [3.05, 3.63) is 0 Å². The van der Waals surface area contributed by atoms with Crippen LogP contribution in [0.3, 0.4) is 0 Å². The van der Waals surface area contributed by atoms with Gasteiger partial charge in [0.25, 0.3) is 0 Å². The normalized spacial score (nSPS) is 23.7. The van der Waals surface area contributed by atoms with Crippen molar-refractivity contribution in [2.24, 2.45) is 16.8 Å². The molecule has 1 aliphatic carbocycles. The molecule has 0 saturated heterocycles. The smallest absolute Gasteiger partial charge is 0.414 e. The molecule has 0 spiro atoms. The van der Waals surface area contributed by atoms with E-state index in [4.69, 9.17) is 14.5 Å². The number of hydrogen-bond donors (Lipinski definition) is 1. The Bertz CT molecular complexity index is 649. The summed E-state index contributed by atoms with van der Waals surface area (Å²) in [5, 5.41) is 2.66. The molecule has 0 aromatic rings. The molecule has 0 radical (unpaired) electrons. The lowest BCUT2D eigenvalue weighted by Crippen LogP contribution is -2.55. The first kappa shape index (κ1) is 22.2. The average Bonchev–Trinajstić information content (AvgIpc) is 3.35. The van der Waals surface area contributed by atoms with Gasteiger partial charge in [-0.1, -0.05) is 13.8 Å². The number of guanidine groups is 1. The van der Waals surface area contributed by atoms with E-state index in [1.165, 1.54) is 4.90 Å². The van der Waals surface area contributed by atoms with Crippen LogP contribution in [0, 0.1) is 11.8 Å². The number of nitrogens with one attached hydrogen (secondary N) is 1. The Balaban J connectivity index is 2.18. The maximum absolute atomic E-state index is 12.9. The topological polar surface area (TPSA) is 97.3 Å². The van der Waals surface area contributed by atoms with Gasteiger partial charge in [-0.2, -0.15) is 0 Å². The van der Waals surface area contributed by atoms with E-state index in [2.05, 4.69) is 5.32 Å². The van der Waals surface area contributed by atoms with Crippen molar-refractivity contribution in [1.29, 1.82) is 0 Å². The summed E-state index contributed by atoms with van der Waals surface area (Å²) >= 11 is 0. The Morgan fingerprint density at radius 2 is 1.89 bits per heavy atom. The van der Waals surface area contributed by atoms with Gasteiger partial charge < -0.3 is 9.47 Å². The number of esters is 1. The zero-order valence-electron chi connectivity index (χ0n) is 17.8. The molecule has 1 saturated carbocycles.